The van der Waals surface area contributed by atoms with Crippen molar-refractivity contribution in [2.45, 2.75) is 19.4 Å². The Hall–Kier alpha value is -1.82. The third kappa shape index (κ3) is 5.34. The SMILES string of the molecule is CCO.Cc1c(C=O)nn(-c2ccc(Cl)cc2Cl)c1OS(=O)(=O)C(F)(F)F. The highest BCUT2D eigenvalue weighted by Gasteiger charge is 2.49. The molecule has 2 aromatic rings. The van der Waals surface area contributed by atoms with Gasteiger partial charge in [0.1, 0.15) is 5.69 Å². The van der Waals surface area contributed by atoms with Gasteiger partial charge in [0.15, 0.2) is 6.29 Å². The van der Waals surface area contributed by atoms with Gasteiger partial charge in [0.05, 0.1) is 10.7 Å². The largest absolute Gasteiger partial charge is 0.534 e. The Labute approximate surface area is 162 Å². The van der Waals surface area contributed by atoms with E-state index in [9.17, 15) is 26.4 Å². The molecule has 0 unspecified atom stereocenters. The second-order valence-corrected chi connectivity index (χ2v) is 7.12. The van der Waals surface area contributed by atoms with Crippen LogP contribution in [0.4, 0.5) is 13.2 Å². The van der Waals surface area contributed by atoms with Gasteiger partial charge in [-0.2, -0.15) is 31.4 Å². The predicted octanol–water partition coefficient (Wildman–Crippen LogP) is 3.53. The number of benzene rings is 1. The zero-order valence-corrected chi connectivity index (χ0v) is 16.1. The highest BCUT2D eigenvalue weighted by Crippen LogP contribution is 2.34. The number of halogens is 5. The molecule has 150 valence electrons. The van der Waals surface area contributed by atoms with Gasteiger partial charge >= 0.3 is 15.6 Å². The van der Waals surface area contributed by atoms with Crippen molar-refractivity contribution in [3.63, 3.8) is 0 Å². The Bertz CT molecular complexity index is 930. The smallest absolute Gasteiger partial charge is 0.397 e. The molecule has 1 aromatic heterocycles. The first-order valence-electron chi connectivity index (χ1n) is 7.01. The van der Waals surface area contributed by atoms with Gasteiger partial charge in [0.25, 0.3) is 0 Å². The van der Waals surface area contributed by atoms with E-state index in [1.54, 1.807) is 6.92 Å². The van der Waals surface area contributed by atoms with Crippen molar-refractivity contribution >= 4 is 39.6 Å². The molecule has 0 fully saturated rings. The van der Waals surface area contributed by atoms with Crippen LogP contribution in [0.2, 0.25) is 10.0 Å². The standard InChI is InChI=1S/C12H7Cl2F3N2O4S.C2H6O/c1-6-9(5-20)18-19(10-3-2-7(13)4-8(10)14)11(6)23-24(21,22)12(15,16)17;1-2-3/h2-5H,1H3;3H,2H2,1H3. The number of alkyl halides is 3. The van der Waals surface area contributed by atoms with Crippen molar-refractivity contribution in [2.24, 2.45) is 0 Å². The van der Waals surface area contributed by atoms with Gasteiger partial charge in [-0.05, 0) is 32.0 Å². The average Bonchev–Trinajstić information content (AvgIpc) is 2.83. The Morgan fingerprint density at radius 3 is 2.33 bits per heavy atom. The molecule has 0 aliphatic carbocycles. The maximum absolute atomic E-state index is 12.6. The number of nitrogens with zero attached hydrogens (tertiary/aromatic N) is 2. The molecular formula is C14H13Cl2F3N2O5S. The molecule has 0 amide bonds. The molecule has 0 radical (unpaired) electrons. The second-order valence-electron chi connectivity index (χ2n) is 4.74. The van der Waals surface area contributed by atoms with E-state index in [-0.39, 0.29) is 39.9 Å². The normalized spacial score (nSPS) is 11.6. The zero-order chi connectivity index (χ0) is 21.0. The van der Waals surface area contributed by atoms with Crippen LogP contribution in [0.1, 0.15) is 23.0 Å². The average molecular weight is 449 g/mol. The highest BCUT2D eigenvalue weighted by atomic mass is 35.5. The van der Waals surface area contributed by atoms with Gasteiger partial charge < -0.3 is 9.29 Å². The molecule has 1 heterocycles. The predicted molar refractivity (Wildman–Crippen MR) is 92.1 cm³/mol. The number of carbonyl (C=O) groups excluding carboxylic acids is 1. The van der Waals surface area contributed by atoms with Crippen molar-refractivity contribution in [1.29, 1.82) is 0 Å². The lowest BCUT2D eigenvalue weighted by Crippen LogP contribution is -2.29. The van der Waals surface area contributed by atoms with E-state index >= 15 is 0 Å². The molecule has 0 saturated carbocycles. The molecule has 1 N–H and O–H groups in total. The first kappa shape index (κ1) is 23.2. The van der Waals surface area contributed by atoms with E-state index in [0.717, 1.165) is 0 Å². The summed E-state index contributed by atoms with van der Waals surface area (Å²) in [7, 11) is -5.97. The van der Waals surface area contributed by atoms with Gasteiger partial charge in [0.2, 0.25) is 5.88 Å². The Morgan fingerprint density at radius 2 is 1.89 bits per heavy atom. The Kier molecular flexibility index (Phi) is 7.66. The van der Waals surface area contributed by atoms with Crippen LogP contribution in [-0.4, -0.2) is 41.7 Å². The topological polar surface area (TPSA) is 98.5 Å². The number of aromatic nitrogens is 2. The van der Waals surface area contributed by atoms with Gasteiger partial charge in [-0.25, -0.2) is 0 Å². The monoisotopic (exact) mass is 448 g/mol. The molecule has 27 heavy (non-hydrogen) atoms. The van der Waals surface area contributed by atoms with Gasteiger partial charge in [-0.15, -0.1) is 0 Å². The number of hydrogen-bond acceptors (Lipinski definition) is 6. The van der Waals surface area contributed by atoms with E-state index in [1.807, 2.05) is 0 Å². The van der Waals surface area contributed by atoms with Crippen molar-refractivity contribution < 1.29 is 35.7 Å². The molecule has 0 spiro atoms. The lowest BCUT2D eigenvalue weighted by molar-refractivity contribution is -0.0502. The first-order chi connectivity index (χ1) is 12.4. The van der Waals surface area contributed by atoms with Crippen LogP contribution in [0, 0.1) is 6.92 Å². The number of aldehydes is 1. The summed E-state index contributed by atoms with van der Waals surface area (Å²) in [6.07, 6.45) is 0.239. The van der Waals surface area contributed by atoms with Gasteiger partial charge in [-0.3, -0.25) is 4.79 Å². The summed E-state index contributed by atoms with van der Waals surface area (Å²) in [6, 6.07) is 3.89. The molecule has 2 rings (SSSR count). The minimum atomic E-state index is -5.97. The summed E-state index contributed by atoms with van der Waals surface area (Å²) in [5, 5.41) is 11.5. The van der Waals surface area contributed by atoms with Crippen LogP contribution in [0.3, 0.4) is 0 Å². The summed E-state index contributed by atoms with van der Waals surface area (Å²) in [5.41, 5.74) is -6.19. The third-order valence-electron chi connectivity index (χ3n) is 2.83. The maximum atomic E-state index is 12.6. The fourth-order valence-corrected chi connectivity index (χ4v) is 2.66. The van der Waals surface area contributed by atoms with Crippen molar-refractivity contribution in [2.75, 3.05) is 6.61 Å². The molecule has 7 nitrogen and oxygen atoms in total. The van der Waals surface area contributed by atoms with Gasteiger partial charge in [0, 0.05) is 17.2 Å². The molecule has 1 aromatic carbocycles. The van der Waals surface area contributed by atoms with E-state index in [0.29, 0.717) is 4.68 Å². The molecule has 0 saturated heterocycles. The van der Waals surface area contributed by atoms with Crippen LogP contribution in [-0.2, 0) is 10.1 Å². The first-order valence-corrected chi connectivity index (χ1v) is 9.17. The van der Waals surface area contributed by atoms with Crippen molar-refractivity contribution in [1.82, 2.24) is 9.78 Å². The van der Waals surface area contributed by atoms with Crippen molar-refractivity contribution in [3.05, 3.63) is 39.5 Å². The van der Waals surface area contributed by atoms with Crippen molar-refractivity contribution in [3.8, 4) is 11.6 Å². The van der Waals surface area contributed by atoms with Crippen LogP contribution in [0.15, 0.2) is 18.2 Å². The van der Waals surface area contributed by atoms with Crippen LogP contribution >= 0.6 is 23.2 Å². The third-order valence-corrected chi connectivity index (χ3v) is 4.31. The lowest BCUT2D eigenvalue weighted by atomic mass is 10.3. The summed E-state index contributed by atoms with van der Waals surface area (Å²) in [6.45, 7) is 3.11. The minimum Gasteiger partial charge on any atom is -0.397 e. The van der Waals surface area contributed by atoms with E-state index < -0.39 is 21.5 Å². The molecule has 13 heteroatoms. The molecular weight excluding hydrogens is 436 g/mol. The lowest BCUT2D eigenvalue weighted by Gasteiger charge is -2.12. The minimum absolute atomic E-state index is 0.0235. The maximum Gasteiger partial charge on any atom is 0.534 e. The number of hydrogen-bond donors (Lipinski definition) is 1. The highest BCUT2D eigenvalue weighted by molar-refractivity contribution is 7.88. The Balaban J connectivity index is 0.00000114. The molecule has 0 atom stereocenters. The number of aliphatic hydroxyl groups is 1. The number of aliphatic hydroxyl groups excluding tert-OH is 1. The van der Waals surface area contributed by atoms with E-state index in [4.69, 9.17) is 28.3 Å². The fourth-order valence-electron chi connectivity index (χ4n) is 1.67. The fraction of sp³-hybridized carbons (Fsp3) is 0.286. The zero-order valence-electron chi connectivity index (χ0n) is 13.8. The van der Waals surface area contributed by atoms with Crippen LogP contribution in [0.5, 0.6) is 5.88 Å². The summed E-state index contributed by atoms with van der Waals surface area (Å²) in [5.74, 6) is -0.807. The van der Waals surface area contributed by atoms with Crippen LogP contribution < -0.4 is 4.18 Å². The summed E-state index contributed by atoms with van der Waals surface area (Å²) < 4.78 is 65.0. The summed E-state index contributed by atoms with van der Waals surface area (Å²) in [4.78, 5) is 11.0. The molecule has 0 aliphatic heterocycles. The Morgan fingerprint density at radius 1 is 1.33 bits per heavy atom. The van der Waals surface area contributed by atoms with Gasteiger partial charge in [-0.1, -0.05) is 23.2 Å². The van der Waals surface area contributed by atoms with Crippen LogP contribution in [0.25, 0.3) is 5.69 Å². The number of rotatable bonds is 4. The molecule has 0 aliphatic rings. The summed E-state index contributed by atoms with van der Waals surface area (Å²) >= 11 is 11.7. The quantitative estimate of drug-likeness (QED) is 0.436. The van der Waals surface area contributed by atoms with E-state index in [2.05, 4.69) is 9.28 Å². The molecule has 0 bridgehead atoms. The second kappa shape index (κ2) is 8.91. The number of carbonyl (C=O) groups is 1. The van der Waals surface area contributed by atoms with E-state index in [1.165, 1.54) is 25.1 Å².